The van der Waals surface area contributed by atoms with E-state index in [9.17, 15) is 13.2 Å². The summed E-state index contributed by atoms with van der Waals surface area (Å²) >= 11 is 0. The molecule has 0 radical (unpaired) electrons. The average Bonchev–Trinajstić information content (AvgIpc) is 2.98. The summed E-state index contributed by atoms with van der Waals surface area (Å²) < 4.78 is 47.6. The lowest BCUT2D eigenvalue weighted by atomic mass is 10.2. The number of carbonyl (C=O) groups is 1. The third-order valence-corrected chi connectivity index (χ3v) is 7.04. The van der Waals surface area contributed by atoms with E-state index >= 15 is 0 Å². The largest absolute Gasteiger partial charge is 0.492 e. The van der Waals surface area contributed by atoms with Crippen LogP contribution in [0.2, 0.25) is 0 Å². The van der Waals surface area contributed by atoms with Gasteiger partial charge in [-0.3, -0.25) is 9.78 Å². The molecule has 2 aromatic carbocycles. The molecular weight excluding hydrogens is 486 g/mol. The number of rotatable bonds is 8. The van der Waals surface area contributed by atoms with Crippen molar-refractivity contribution in [2.45, 2.75) is 31.3 Å². The third kappa shape index (κ3) is 6.29. The molecule has 11 heteroatoms. The minimum Gasteiger partial charge on any atom is -0.492 e. The zero-order chi connectivity index (χ0) is 25.7. The summed E-state index contributed by atoms with van der Waals surface area (Å²) in [4.78, 5) is 21.4. The first-order valence-electron chi connectivity index (χ1n) is 11.3. The first-order chi connectivity index (χ1) is 17.2. The van der Waals surface area contributed by atoms with Crippen LogP contribution in [0, 0.1) is 6.92 Å². The molecule has 1 aromatic heterocycles. The molecule has 0 aliphatic carbocycles. The number of fused-ring (bicyclic) bond motifs is 1. The number of anilines is 1. The Labute approximate surface area is 209 Å². The van der Waals surface area contributed by atoms with E-state index in [2.05, 4.69) is 15.3 Å². The Kier molecular flexibility index (Phi) is 7.70. The van der Waals surface area contributed by atoms with Gasteiger partial charge in [0.1, 0.15) is 34.0 Å². The zero-order valence-corrected chi connectivity index (χ0v) is 21.0. The number of aryl methyl sites for hydroxylation is 1. The molecule has 1 N–H and O–H groups in total. The van der Waals surface area contributed by atoms with Gasteiger partial charge in [0, 0.05) is 24.8 Å². The van der Waals surface area contributed by atoms with Crippen molar-refractivity contribution in [3.63, 3.8) is 0 Å². The fourth-order valence-corrected chi connectivity index (χ4v) is 4.99. The number of hydrogen-bond acceptors (Lipinski definition) is 9. The number of nitrogens with one attached hydrogen (secondary N) is 1. The van der Waals surface area contributed by atoms with E-state index in [0.717, 1.165) is 5.69 Å². The molecule has 1 aliphatic heterocycles. The lowest BCUT2D eigenvalue weighted by Gasteiger charge is -2.16. The molecule has 0 saturated heterocycles. The van der Waals surface area contributed by atoms with E-state index in [4.69, 9.17) is 18.9 Å². The average molecular weight is 514 g/mol. The van der Waals surface area contributed by atoms with Crippen LogP contribution in [-0.4, -0.2) is 56.5 Å². The minimum atomic E-state index is -3.42. The molecule has 0 saturated carbocycles. The Morgan fingerprint density at radius 1 is 1.11 bits per heavy atom. The highest BCUT2D eigenvalue weighted by atomic mass is 32.2. The van der Waals surface area contributed by atoms with Crippen LogP contribution in [0.3, 0.4) is 0 Å². The Hall–Kier alpha value is -3.70. The molecular formula is C25H27N3O7S. The number of carbonyl (C=O) groups excluding carboxylic acids is 1. The fourth-order valence-electron chi connectivity index (χ4n) is 3.58. The molecule has 10 nitrogen and oxygen atoms in total. The van der Waals surface area contributed by atoms with Gasteiger partial charge >= 0.3 is 0 Å². The molecule has 0 bridgehead atoms. The van der Waals surface area contributed by atoms with Crippen LogP contribution in [-0.2, 0) is 14.6 Å². The number of methoxy groups -OCH3 is 1. The number of benzene rings is 2. The molecule has 0 unspecified atom stereocenters. The molecule has 0 spiro atoms. The van der Waals surface area contributed by atoms with Gasteiger partial charge in [-0.1, -0.05) is 0 Å². The van der Waals surface area contributed by atoms with E-state index < -0.39 is 15.7 Å². The van der Waals surface area contributed by atoms with E-state index in [1.165, 1.54) is 18.3 Å². The summed E-state index contributed by atoms with van der Waals surface area (Å²) in [6, 6.07) is 9.32. The first-order valence-corrected chi connectivity index (χ1v) is 13.0. The van der Waals surface area contributed by atoms with Crippen molar-refractivity contribution in [1.82, 2.24) is 9.97 Å². The van der Waals surface area contributed by atoms with Crippen molar-refractivity contribution < 1.29 is 32.2 Å². The van der Waals surface area contributed by atoms with Crippen LogP contribution in [0.25, 0.3) is 0 Å². The highest BCUT2D eigenvalue weighted by molar-refractivity contribution is 7.91. The Bertz CT molecular complexity index is 1340. The standard InChI is InChI=1S/C25H27N3O7S/c1-16-13-27-24(14-26-16)28-25(29)18-9-20(34-17(2)15-32-3)11-21(10-18)35-19-5-6-23-22(12-19)33-7-4-8-36(23,30)31/h5-6,9-14,17H,4,7-8,15H2,1-3H3,(H,27,28,29)/t17-/m0/s1. The Balaban J connectivity index is 1.63. The number of amides is 1. The molecule has 0 fully saturated rings. The van der Waals surface area contributed by atoms with Crippen molar-refractivity contribution >= 4 is 21.6 Å². The molecule has 2 heterocycles. The minimum absolute atomic E-state index is 0.0308. The number of sulfone groups is 1. The summed E-state index contributed by atoms with van der Waals surface area (Å²) in [5.41, 5.74) is 0.992. The van der Waals surface area contributed by atoms with Gasteiger partial charge in [-0.05, 0) is 44.5 Å². The van der Waals surface area contributed by atoms with E-state index in [-0.39, 0.29) is 28.1 Å². The second kappa shape index (κ2) is 10.9. The zero-order valence-electron chi connectivity index (χ0n) is 20.2. The van der Waals surface area contributed by atoms with E-state index in [1.54, 1.807) is 44.5 Å². The number of ether oxygens (including phenoxy) is 4. The van der Waals surface area contributed by atoms with Crippen LogP contribution in [0.15, 0.2) is 53.7 Å². The van der Waals surface area contributed by atoms with Crippen molar-refractivity contribution in [3.05, 3.63) is 60.0 Å². The Morgan fingerprint density at radius 3 is 2.67 bits per heavy atom. The van der Waals surface area contributed by atoms with E-state index in [1.807, 2.05) is 6.92 Å². The van der Waals surface area contributed by atoms with Crippen LogP contribution in [0.4, 0.5) is 5.82 Å². The maximum atomic E-state index is 13.0. The normalized spacial score (nSPS) is 15.1. The van der Waals surface area contributed by atoms with Crippen LogP contribution >= 0.6 is 0 Å². The molecule has 4 rings (SSSR count). The van der Waals surface area contributed by atoms with Crippen molar-refractivity contribution in [2.24, 2.45) is 0 Å². The summed E-state index contributed by atoms with van der Waals surface area (Å²) in [6.07, 6.45) is 3.15. The molecule has 3 aromatic rings. The third-order valence-electron chi connectivity index (χ3n) is 5.20. The fraction of sp³-hybridized carbons (Fsp3) is 0.320. The van der Waals surface area contributed by atoms with Crippen LogP contribution < -0.4 is 19.5 Å². The SMILES string of the molecule is COC[C@H](C)Oc1cc(Oc2ccc3c(c2)OCCCS3(=O)=O)cc(C(=O)Nc2cnc(C)cn2)c1. The molecule has 1 aliphatic rings. The van der Waals surface area contributed by atoms with Crippen molar-refractivity contribution in [1.29, 1.82) is 0 Å². The van der Waals surface area contributed by atoms with E-state index in [0.29, 0.717) is 42.7 Å². The van der Waals surface area contributed by atoms with Gasteiger partial charge in [0.25, 0.3) is 5.91 Å². The number of hydrogen-bond donors (Lipinski definition) is 1. The van der Waals surface area contributed by atoms with Crippen molar-refractivity contribution in [3.8, 4) is 23.0 Å². The Morgan fingerprint density at radius 2 is 1.92 bits per heavy atom. The van der Waals surface area contributed by atoms with Crippen molar-refractivity contribution in [2.75, 3.05) is 31.4 Å². The summed E-state index contributed by atoms with van der Waals surface area (Å²) in [6.45, 7) is 4.28. The highest BCUT2D eigenvalue weighted by Gasteiger charge is 2.24. The number of aromatic nitrogens is 2. The number of nitrogens with zero attached hydrogens (tertiary/aromatic N) is 2. The lowest BCUT2D eigenvalue weighted by Crippen LogP contribution is -2.19. The smallest absolute Gasteiger partial charge is 0.257 e. The molecule has 1 amide bonds. The first kappa shape index (κ1) is 25.4. The molecule has 190 valence electrons. The molecule has 1 atom stereocenters. The highest BCUT2D eigenvalue weighted by Crippen LogP contribution is 2.35. The second-order valence-corrected chi connectivity index (χ2v) is 10.4. The van der Waals surface area contributed by atoms with Crippen LogP contribution in [0.1, 0.15) is 29.4 Å². The van der Waals surface area contributed by atoms with Crippen LogP contribution in [0.5, 0.6) is 23.0 Å². The van der Waals surface area contributed by atoms with Gasteiger partial charge < -0.3 is 24.3 Å². The van der Waals surface area contributed by atoms with Gasteiger partial charge in [-0.15, -0.1) is 0 Å². The quantitative estimate of drug-likeness (QED) is 0.479. The molecule has 36 heavy (non-hydrogen) atoms. The monoisotopic (exact) mass is 513 g/mol. The van der Waals surface area contributed by atoms with Gasteiger partial charge in [0.15, 0.2) is 15.7 Å². The van der Waals surface area contributed by atoms with Gasteiger partial charge in [-0.2, -0.15) is 0 Å². The van der Waals surface area contributed by atoms with Gasteiger partial charge in [0.2, 0.25) is 0 Å². The predicted molar refractivity (Wildman–Crippen MR) is 132 cm³/mol. The predicted octanol–water partition coefficient (Wildman–Crippen LogP) is 3.80. The summed E-state index contributed by atoms with van der Waals surface area (Å²) in [5.74, 6) is 1.20. The topological polar surface area (TPSA) is 126 Å². The second-order valence-electron chi connectivity index (χ2n) is 8.31. The van der Waals surface area contributed by atoms with Gasteiger partial charge in [0.05, 0.1) is 37.1 Å². The summed E-state index contributed by atoms with van der Waals surface area (Å²) in [5, 5.41) is 2.70. The van der Waals surface area contributed by atoms with Gasteiger partial charge in [-0.25, -0.2) is 13.4 Å². The lowest BCUT2D eigenvalue weighted by molar-refractivity contribution is 0.0915. The maximum Gasteiger partial charge on any atom is 0.257 e. The summed E-state index contributed by atoms with van der Waals surface area (Å²) in [7, 11) is -1.85. The maximum absolute atomic E-state index is 13.0.